The molecule has 0 spiro atoms. The van der Waals surface area contributed by atoms with Crippen LogP contribution < -0.4 is 0 Å². The summed E-state index contributed by atoms with van der Waals surface area (Å²) in [5, 5.41) is 8.43. The first kappa shape index (κ1) is 18.4. The minimum absolute atomic E-state index is 0.301. The number of aryl methyl sites for hydroxylation is 1. The summed E-state index contributed by atoms with van der Waals surface area (Å²) < 4.78 is 14.5. The summed E-state index contributed by atoms with van der Waals surface area (Å²) in [6.45, 7) is 2.08. The van der Waals surface area contributed by atoms with Crippen molar-refractivity contribution >= 4 is 21.9 Å². The standard InChI is InChI=1S/C26H18FN5/c1-15-6-2-3-7-16(15)20-10-11-22-25(30-20)26(32-31-22)23-14-18-21(29-23)12-13-28-24(18)17-8-4-5-9-19(17)27/h2-14,29H,1H3,(H,31,32). The molecule has 32 heavy (non-hydrogen) atoms. The van der Waals surface area contributed by atoms with Crippen molar-refractivity contribution in [1.82, 2.24) is 25.1 Å². The van der Waals surface area contributed by atoms with Gasteiger partial charge in [0, 0.05) is 28.2 Å². The molecule has 6 rings (SSSR count). The number of aromatic amines is 2. The van der Waals surface area contributed by atoms with Gasteiger partial charge in [-0.3, -0.25) is 10.1 Å². The van der Waals surface area contributed by atoms with Gasteiger partial charge in [0.25, 0.3) is 0 Å². The van der Waals surface area contributed by atoms with E-state index >= 15 is 0 Å². The largest absolute Gasteiger partial charge is 0.353 e. The second kappa shape index (κ2) is 7.13. The molecule has 0 radical (unpaired) electrons. The molecule has 0 unspecified atom stereocenters. The van der Waals surface area contributed by atoms with E-state index < -0.39 is 0 Å². The lowest BCUT2D eigenvalue weighted by Crippen LogP contribution is -1.88. The van der Waals surface area contributed by atoms with Gasteiger partial charge >= 0.3 is 0 Å². The number of rotatable bonds is 3. The van der Waals surface area contributed by atoms with Crippen LogP contribution in [0.4, 0.5) is 4.39 Å². The predicted molar refractivity (Wildman–Crippen MR) is 125 cm³/mol. The Labute approximate surface area is 183 Å². The van der Waals surface area contributed by atoms with Crippen molar-refractivity contribution in [2.75, 3.05) is 0 Å². The highest BCUT2D eigenvalue weighted by Gasteiger charge is 2.17. The van der Waals surface area contributed by atoms with Crippen LogP contribution in [0.5, 0.6) is 0 Å². The summed E-state index contributed by atoms with van der Waals surface area (Å²) in [6.07, 6.45) is 1.68. The first-order valence-corrected chi connectivity index (χ1v) is 10.3. The van der Waals surface area contributed by atoms with Crippen LogP contribution >= 0.6 is 0 Å². The Morgan fingerprint density at radius 3 is 2.47 bits per heavy atom. The highest BCUT2D eigenvalue weighted by molar-refractivity contribution is 5.99. The minimum Gasteiger partial charge on any atom is -0.353 e. The lowest BCUT2D eigenvalue weighted by atomic mass is 10.0. The first-order chi connectivity index (χ1) is 15.7. The average Bonchev–Trinajstić information content (AvgIpc) is 3.43. The molecule has 5 nitrogen and oxygen atoms in total. The number of aromatic nitrogens is 5. The van der Waals surface area contributed by atoms with Gasteiger partial charge in [-0.05, 0) is 48.9 Å². The molecule has 0 fully saturated rings. The zero-order valence-electron chi connectivity index (χ0n) is 17.2. The van der Waals surface area contributed by atoms with Crippen LogP contribution in [0.3, 0.4) is 0 Å². The molecule has 0 bridgehead atoms. The number of benzene rings is 2. The average molecular weight is 419 g/mol. The Morgan fingerprint density at radius 2 is 1.62 bits per heavy atom. The molecule has 0 saturated heterocycles. The number of nitrogens with one attached hydrogen (secondary N) is 2. The second-order valence-corrected chi connectivity index (χ2v) is 7.76. The van der Waals surface area contributed by atoms with Crippen molar-refractivity contribution in [3.05, 3.63) is 90.4 Å². The van der Waals surface area contributed by atoms with Crippen molar-refractivity contribution in [3.8, 4) is 33.9 Å². The van der Waals surface area contributed by atoms with E-state index in [4.69, 9.17) is 4.98 Å². The van der Waals surface area contributed by atoms with Gasteiger partial charge in [-0.15, -0.1) is 0 Å². The number of nitrogens with zero attached hydrogens (tertiary/aromatic N) is 3. The fourth-order valence-corrected chi connectivity index (χ4v) is 4.15. The normalized spacial score (nSPS) is 11.4. The Balaban J connectivity index is 1.53. The first-order valence-electron chi connectivity index (χ1n) is 10.3. The molecular formula is C26H18FN5. The zero-order chi connectivity index (χ0) is 21.7. The Kier molecular flexibility index (Phi) is 4.11. The van der Waals surface area contributed by atoms with E-state index in [0.29, 0.717) is 17.0 Å². The maximum absolute atomic E-state index is 14.5. The predicted octanol–water partition coefficient (Wildman–Crippen LogP) is 6.28. The highest BCUT2D eigenvalue weighted by Crippen LogP contribution is 2.34. The summed E-state index contributed by atoms with van der Waals surface area (Å²) >= 11 is 0. The summed E-state index contributed by atoms with van der Waals surface area (Å²) in [7, 11) is 0. The van der Waals surface area contributed by atoms with Crippen molar-refractivity contribution in [2.24, 2.45) is 0 Å². The van der Waals surface area contributed by atoms with Crippen molar-refractivity contribution in [1.29, 1.82) is 0 Å². The van der Waals surface area contributed by atoms with Crippen molar-refractivity contribution in [3.63, 3.8) is 0 Å². The molecule has 4 aromatic heterocycles. The molecule has 6 aromatic rings. The van der Waals surface area contributed by atoms with E-state index in [1.165, 1.54) is 6.07 Å². The summed E-state index contributed by atoms with van der Waals surface area (Å²) in [5.41, 5.74) is 8.20. The molecule has 0 amide bonds. The van der Waals surface area contributed by atoms with Crippen LogP contribution in [0, 0.1) is 12.7 Å². The van der Waals surface area contributed by atoms with Crippen LogP contribution in [-0.2, 0) is 0 Å². The third-order valence-corrected chi connectivity index (χ3v) is 5.76. The van der Waals surface area contributed by atoms with Gasteiger partial charge in [-0.2, -0.15) is 5.10 Å². The number of fused-ring (bicyclic) bond motifs is 2. The van der Waals surface area contributed by atoms with Crippen LogP contribution in [0.1, 0.15) is 5.56 Å². The number of halogens is 1. The summed E-state index contributed by atoms with van der Waals surface area (Å²) in [5.74, 6) is -0.301. The van der Waals surface area contributed by atoms with Crippen LogP contribution in [0.25, 0.3) is 55.8 Å². The lowest BCUT2D eigenvalue weighted by Gasteiger charge is -2.05. The van der Waals surface area contributed by atoms with Gasteiger partial charge < -0.3 is 4.98 Å². The van der Waals surface area contributed by atoms with Crippen molar-refractivity contribution < 1.29 is 4.39 Å². The minimum atomic E-state index is -0.301. The van der Waals surface area contributed by atoms with E-state index in [1.807, 2.05) is 42.5 Å². The monoisotopic (exact) mass is 419 g/mol. The van der Waals surface area contributed by atoms with Crippen LogP contribution in [0.15, 0.2) is 79.0 Å². The maximum Gasteiger partial charge on any atom is 0.135 e. The zero-order valence-corrected chi connectivity index (χ0v) is 17.2. The molecule has 0 aliphatic rings. The van der Waals surface area contributed by atoms with Gasteiger partial charge in [-0.25, -0.2) is 9.37 Å². The number of hydrogen-bond donors (Lipinski definition) is 2. The molecule has 0 aliphatic heterocycles. The SMILES string of the molecule is Cc1ccccc1-c1ccc2[nH]nc(-c3cc4c(-c5ccccc5F)nccc4[nH]3)c2n1. The highest BCUT2D eigenvalue weighted by atomic mass is 19.1. The fraction of sp³-hybridized carbons (Fsp3) is 0.0385. The van der Waals surface area contributed by atoms with E-state index in [9.17, 15) is 4.39 Å². The van der Waals surface area contributed by atoms with E-state index in [2.05, 4.69) is 39.2 Å². The fourth-order valence-electron chi connectivity index (χ4n) is 4.15. The number of H-pyrrole nitrogens is 2. The van der Waals surface area contributed by atoms with E-state index in [-0.39, 0.29) is 5.82 Å². The second-order valence-electron chi connectivity index (χ2n) is 7.76. The van der Waals surface area contributed by atoms with E-state index in [0.717, 1.165) is 44.5 Å². The summed E-state index contributed by atoms with van der Waals surface area (Å²) in [4.78, 5) is 12.8. The number of pyridine rings is 2. The maximum atomic E-state index is 14.5. The molecule has 0 atom stereocenters. The molecule has 4 heterocycles. The topological polar surface area (TPSA) is 70.2 Å². The molecule has 2 N–H and O–H groups in total. The van der Waals surface area contributed by atoms with Gasteiger partial charge in [0.15, 0.2) is 0 Å². The number of hydrogen-bond acceptors (Lipinski definition) is 3. The molecule has 0 saturated carbocycles. The molecule has 6 heteroatoms. The smallest absolute Gasteiger partial charge is 0.135 e. The quantitative estimate of drug-likeness (QED) is 0.354. The van der Waals surface area contributed by atoms with Crippen LogP contribution in [-0.4, -0.2) is 25.1 Å². The molecule has 0 aliphatic carbocycles. The Morgan fingerprint density at radius 1 is 0.812 bits per heavy atom. The van der Waals surface area contributed by atoms with Gasteiger partial charge in [-0.1, -0.05) is 36.4 Å². The molecule has 154 valence electrons. The van der Waals surface area contributed by atoms with Crippen molar-refractivity contribution in [2.45, 2.75) is 6.92 Å². The molecular weight excluding hydrogens is 401 g/mol. The lowest BCUT2D eigenvalue weighted by molar-refractivity contribution is 0.631. The molecule has 2 aromatic carbocycles. The third-order valence-electron chi connectivity index (χ3n) is 5.76. The Hall–Kier alpha value is -4.32. The van der Waals surface area contributed by atoms with Gasteiger partial charge in [0.05, 0.1) is 22.6 Å². The van der Waals surface area contributed by atoms with E-state index in [1.54, 1.807) is 18.3 Å². The van der Waals surface area contributed by atoms with Crippen LogP contribution in [0.2, 0.25) is 0 Å². The summed E-state index contributed by atoms with van der Waals surface area (Å²) in [6, 6.07) is 22.7. The van der Waals surface area contributed by atoms with Gasteiger partial charge in [0.1, 0.15) is 17.0 Å². The van der Waals surface area contributed by atoms with Gasteiger partial charge in [0.2, 0.25) is 0 Å². The third kappa shape index (κ3) is 2.88. The Bertz CT molecular complexity index is 1610.